The predicted octanol–water partition coefficient (Wildman–Crippen LogP) is 2.79. The van der Waals surface area contributed by atoms with Crippen LogP contribution in [0.15, 0.2) is 33.8 Å². The van der Waals surface area contributed by atoms with Gasteiger partial charge in [-0.1, -0.05) is 11.2 Å². The topological polar surface area (TPSA) is 66.7 Å². The first kappa shape index (κ1) is 18.0. The summed E-state index contributed by atoms with van der Waals surface area (Å²) in [5.41, 5.74) is 0.911. The molecule has 8 heteroatoms. The molecule has 0 fully saturated rings. The van der Waals surface area contributed by atoms with Crippen molar-refractivity contribution in [1.29, 1.82) is 0 Å². The second-order valence-electron chi connectivity index (χ2n) is 5.65. The standard InChI is InChI=1S/C16H20FN3O3S/c1-11-6-7-13(10-14(11)17)20(5)24(21,22)16-12(2)18-23-15(16)8-9-19(3)4/h6-10H,1-5H3/b9-8+. The van der Waals surface area contributed by atoms with E-state index in [2.05, 4.69) is 5.16 Å². The zero-order valence-corrected chi connectivity index (χ0v) is 15.1. The van der Waals surface area contributed by atoms with Gasteiger partial charge in [-0.25, -0.2) is 12.8 Å². The minimum Gasteiger partial charge on any atom is -0.383 e. The fourth-order valence-corrected chi connectivity index (χ4v) is 3.50. The van der Waals surface area contributed by atoms with E-state index in [-0.39, 0.29) is 22.0 Å². The third-order valence-electron chi connectivity index (χ3n) is 3.49. The summed E-state index contributed by atoms with van der Waals surface area (Å²) in [6.45, 7) is 3.16. The van der Waals surface area contributed by atoms with Crippen molar-refractivity contribution in [3.8, 4) is 0 Å². The second-order valence-corrected chi connectivity index (χ2v) is 7.55. The van der Waals surface area contributed by atoms with Crippen LogP contribution < -0.4 is 4.31 Å². The first-order chi connectivity index (χ1) is 11.1. The van der Waals surface area contributed by atoms with Gasteiger partial charge in [-0.2, -0.15) is 0 Å². The van der Waals surface area contributed by atoms with Crippen LogP contribution in [0.4, 0.5) is 10.1 Å². The zero-order chi connectivity index (χ0) is 18.1. The molecule has 0 bridgehead atoms. The molecule has 1 aromatic heterocycles. The van der Waals surface area contributed by atoms with Crippen LogP contribution in [0.25, 0.3) is 6.08 Å². The van der Waals surface area contributed by atoms with Crippen LogP contribution in [0.5, 0.6) is 0 Å². The molecule has 0 aliphatic rings. The Kier molecular flexibility index (Phi) is 4.98. The molecule has 6 nitrogen and oxygen atoms in total. The third kappa shape index (κ3) is 3.43. The van der Waals surface area contributed by atoms with Crippen LogP contribution in [0, 0.1) is 19.7 Å². The number of hydrogen-bond acceptors (Lipinski definition) is 5. The molecule has 24 heavy (non-hydrogen) atoms. The Labute approximate surface area is 141 Å². The molecule has 0 saturated heterocycles. The SMILES string of the molecule is Cc1ccc(N(C)S(=O)(=O)c2c(C)noc2/C=C/N(C)C)cc1F. The zero-order valence-electron chi connectivity index (χ0n) is 14.2. The Hall–Kier alpha value is -2.35. The summed E-state index contributed by atoms with van der Waals surface area (Å²) in [5, 5.41) is 3.74. The second kappa shape index (κ2) is 6.64. The van der Waals surface area contributed by atoms with E-state index >= 15 is 0 Å². The van der Waals surface area contributed by atoms with Crippen molar-refractivity contribution in [2.45, 2.75) is 18.7 Å². The van der Waals surface area contributed by atoms with E-state index in [0.717, 1.165) is 4.31 Å². The highest BCUT2D eigenvalue weighted by molar-refractivity contribution is 7.92. The van der Waals surface area contributed by atoms with Crippen molar-refractivity contribution in [1.82, 2.24) is 10.1 Å². The van der Waals surface area contributed by atoms with Gasteiger partial charge < -0.3 is 9.42 Å². The molecule has 130 valence electrons. The van der Waals surface area contributed by atoms with Crippen molar-refractivity contribution in [3.05, 3.63) is 47.2 Å². The van der Waals surface area contributed by atoms with Crippen molar-refractivity contribution in [3.63, 3.8) is 0 Å². The Morgan fingerprint density at radius 2 is 1.88 bits per heavy atom. The Morgan fingerprint density at radius 1 is 1.21 bits per heavy atom. The number of aryl methyl sites for hydroxylation is 2. The fraction of sp³-hybridized carbons (Fsp3) is 0.312. The molecule has 0 N–H and O–H groups in total. The van der Waals surface area contributed by atoms with Crippen molar-refractivity contribution in [2.24, 2.45) is 0 Å². The highest BCUT2D eigenvalue weighted by Gasteiger charge is 2.30. The summed E-state index contributed by atoms with van der Waals surface area (Å²) in [5.74, 6) is -0.343. The number of aromatic nitrogens is 1. The Bertz CT molecular complexity index is 873. The number of sulfonamides is 1. The summed E-state index contributed by atoms with van der Waals surface area (Å²) in [4.78, 5) is 1.71. The van der Waals surface area contributed by atoms with Crippen LogP contribution in [-0.4, -0.2) is 39.6 Å². The Balaban J connectivity index is 2.50. The molecule has 0 radical (unpaired) electrons. The molecule has 0 amide bonds. The van der Waals surface area contributed by atoms with Gasteiger partial charge in [0.15, 0.2) is 10.7 Å². The van der Waals surface area contributed by atoms with Crippen LogP contribution >= 0.6 is 0 Å². The number of anilines is 1. The van der Waals surface area contributed by atoms with Gasteiger partial charge in [0.05, 0.1) is 5.69 Å². The van der Waals surface area contributed by atoms with E-state index in [9.17, 15) is 12.8 Å². The predicted molar refractivity (Wildman–Crippen MR) is 90.7 cm³/mol. The van der Waals surface area contributed by atoms with Gasteiger partial charge >= 0.3 is 0 Å². The number of halogens is 1. The van der Waals surface area contributed by atoms with Crippen molar-refractivity contribution < 1.29 is 17.3 Å². The molecule has 1 aromatic carbocycles. The van der Waals surface area contributed by atoms with Gasteiger partial charge in [-0.05, 0) is 31.5 Å². The molecule has 0 spiro atoms. The lowest BCUT2D eigenvalue weighted by molar-refractivity contribution is 0.405. The highest BCUT2D eigenvalue weighted by atomic mass is 32.2. The van der Waals surface area contributed by atoms with E-state index < -0.39 is 15.8 Å². The number of hydrogen-bond donors (Lipinski definition) is 0. The van der Waals surface area contributed by atoms with Gasteiger partial charge in [0.1, 0.15) is 11.5 Å². The maximum Gasteiger partial charge on any atom is 0.269 e. The monoisotopic (exact) mass is 353 g/mol. The van der Waals surface area contributed by atoms with Crippen LogP contribution in [0.3, 0.4) is 0 Å². The molecule has 2 aromatic rings. The molecular weight excluding hydrogens is 333 g/mol. The summed E-state index contributed by atoms with van der Waals surface area (Å²) in [6.07, 6.45) is 3.18. The largest absolute Gasteiger partial charge is 0.383 e. The molecule has 0 aliphatic carbocycles. The molecule has 0 saturated carbocycles. The minimum absolute atomic E-state index is 0.0379. The van der Waals surface area contributed by atoms with Crippen molar-refractivity contribution in [2.75, 3.05) is 25.4 Å². The van der Waals surface area contributed by atoms with Gasteiger partial charge in [0.25, 0.3) is 10.0 Å². The van der Waals surface area contributed by atoms with E-state index in [1.54, 1.807) is 45.1 Å². The smallest absolute Gasteiger partial charge is 0.269 e. The third-order valence-corrected chi connectivity index (χ3v) is 5.44. The van der Waals surface area contributed by atoms with Gasteiger partial charge in [0.2, 0.25) is 0 Å². The fourth-order valence-electron chi connectivity index (χ4n) is 2.07. The quantitative estimate of drug-likeness (QED) is 0.827. The molecule has 2 rings (SSSR count). The lowest BCUT2D eigenvalue weighted by Gasteiger charge is -2.19. The van der Waals surface area contributed by atoms with E-state index in [4.69, 9.17) is 4.52 Å². The highest BCUT2D eigenvalue weighted by Crippen LogP contribution is 2.28. The maximum atomic E-state index is 13.8. The van der Waals surface area contributed by atoms with Crippen molar-refractivity contribution >= 4 is 21.8 Å². The first-order valence-corrected chi connectivity index (χ1v) is 8.64. The van der Waals surface area contributed by atoms with Crippen LogP contribution in [-0.2, 0) is 10.0 Å². The van der Waals surface area contributed by atoms with Crippen LogP contribution in [0.2, 0.25) is 0 Å². The molecule has 0 atom stereocenters. The van der Waals surface area contributed by atoms with Gasteiger partial charge in [0, 0.05) is 33.4 Å². The molecule has 0 aliphatic heterocycles. The number of nitrogens with zero attached hydrogens (tertiary/aromatic N) is 3. The lowest BCUT2D eigenvalue weighted by Crippen LogP contribution is -2.27. The van der Waals surface area contributed by atoms with Gasteiger partial charge in [-0.3, -0.25) is 4.31 Å². The molecular formula is C16H20FN3O3S. The maximum absolute atomic E-state index is 13.8. The summed E-state index contributed by atoms with van der Waals surface area (Å²) >= 11 is 0. The van der Waals surface area contributed by atoms with E-state index in [0.29, 0.717) is 5.56 Å². The van der Waals surface area contributed by atoms with E-state index in [1.807, 2.05) is 0 Å². The minimum atomic E-state index is -3.95. The first-order valence-electron chi connectivity index (χ1n) is 7.20. The summed E-state index contributed by atoms with van der Waals surface area (Å²) < 4.78 is 45.8. The Morgan fingerprint density at radius 3 is 2.46 bits per heavy atom. The normalized spacial score (nSPS) is 11.9. The molecule has 1 heterocycles. The molecule has 0 unspecified atom stereocenters. The average Bonchev–Trinajstić information content (AvgIpc) is 2.88. The summed E-state index contributed by atoms with van der Waals surface area (Å²) in [6, 6.07) is 4.27. The van der Waals surface area contributed by atoms with Crippen LogP contribution in [0.1, 0.15) is 17.0 Å². The van der Waals surface area contributed by atoms with Gasteiger partial charge in [-0.15, -0.1) is 0 Å². The van der Waals surface area contributed by atoms with E-state index in [1.165, 1.54) is 25.3 Å². The summed E-state index contributed by atoms with van der Waals surface area (Å²) in [7, 11) is 1.02. The number of rotatable bonds is 5. The lowest BCUT2D eigenvalue weighted by atomic mass is 10.2. The average molecular weight is 353 g/mol. The number of benzene rings is 1.